The summed E-state index contributed by atoms with van der Waals surface area (Å²) in [6.07, 6.45) is 0. The van der Waals surface area contributed by atoms with Gasteiger partial charge in [-0.15, -0.1) is 11.3 Å². The van der Waals surface area contributed by atoms with Crippen molar-refractivity contribution < 1.29 is 0 Å². The van der Waals surface area contributed by atoms with Crippen molar-refractivity contribution in [2.75, 3.05) is 13.6 Å². The second-order valence-electron chi connectivity index (χ2n) is 4.60. The van der Waals surface area contributed by atoms with E-state index in [1.165, 1.54) is 5.56 Å². The van der Waals surface area contributed by atoms with Gasteiger partial charge in [0, 0.05) is 19.1 Å². The second-order valence-corrected chi connectivity index (χ2v) is 7.70. The third kappa shape index (κ3) is 3.97. The molecule has 2 rings (SSSR count). The van der Waals surface area contributed by atoms with Gasteiger partial charge in [0.1, 0.15) is 0 Å². The molecule has 0 aliphatic carbocycles. The largest absolute Gasteiger partial charge is 0.329 e. The monoisotopic (exact) mass is 392 g/mol. The number of hydrogen-bond acceptors (Lipinski definition) is 3. The molecule has 0 aliphatic rings. The number of nitrogens with two attached hydrogens (primary N) is 1. The van der Waals surface area contributed by atoms with E-state index in [1.54, 1.807) is 11.3 Å². The first kappa shape index (κ1) is 16.3. The highest BCUT2D eigenvalue weighted by Crippen LogP contribution is 2.29. The molecule has 1 aromatic carbocycles. The van der Waals surface area contributed by atoms with Crippen LogP contribution in [0.15, 0.2) is 33.4 Å². The van der Waals surface area contributed by atoms with Gasteiger partial charge in [-0.1, -0.05) is 29.3 Å². The van der Waals surface area contributed by atoms with Crippen LogP contribution in [0.3, 0.4) is 0 Å². The molecule has 0 radical (unpaired) electrons. The zero-order chi connectivity index (χ0) is 14.7. The van der Waals surface area contributed by atoms with Crippen LogP contribution < -0.4 is 5.73 Å². The summed E-state index contributed by atoms with van der Waals surface area (Å²) in [5.41, 5.74) is 8.28. The molecule has 2 aromatic rings. The van der Waals surface area contributed by atoms with Gasteiger partial charge in [-0.3, -0.25) is 4.90 Å². The Bertz CT molecular complexity index is 588. The van der Waals surface area contributed by atoms with Crippen LogP contribution in [0.1, 0.15) is 17.2 Å². The van der Waals surface area contributed by atoms with Crippen molar-refractivity contribution in [1.82, 2.24) is 4.90 Å². The van der Waals surface area contributed by atoms with E-state index in [1.807, 2.05) is 18.2 Å². The topological polar surface area (TPSA) is 29.3 Å². The molecule has 0 amide bonds. The van der Waals surface area contributed by atoms with Crippen molar-refractivity contribution in [3.05, 3.63) is 54.6 Å². The summed E-state index contributed by atoms with van der Waals surface area (Å²) in [5, 5.41) is 3.27. The van der Waals surface area contributed by atoms with E-state index < -0.39 is 0 Å². The van der Waals surface area contributed by atoms with Crippen LogP contribution in [-0.2, 0) is 6.54 Å². The fourth-order valence-electron chi connectivity index (χ4n) is 2.12. The fraction of sp³-hybridized carbons (Fsp3) is 0.286. The first-order valence-corrected chi connectivity index (χ1v) is 8.52. The van der Waals surface area contributed by atoms with E-state index in [2.05, 4.69) is 39.3 Å². The van der Waals surface area contributed by atoms with Gasteiger partial charge >= 0.3 is 0 Å². The lowest BCUT2D eigenvalue weighted by Gasteiger charge is -2.27. The Hall–Kier alpha value is -0.100. The third-order valence-electron chi connectivity index (χ3n) is 3.14. The molecule has 0 bridgehead atoms. The van der Waals surface area contributed by atoms with Gasteiger partial charge in [-0.05, 0) is 57.7 Å². The molecular weight excluding hydrogens is 379 g/mol. The summed E-state index contributed by atoms with van der Waals surface area (Å²) in [5.74, 6) is 0. The maximum atomic E-state index is 6.09. The Morgan fingerprint density at radius 2 is 2.05 bits per heavy atom. The molecule has 108 valence electrons. The van der Waals surface area contributed by atoms with Gasteiger partial charge in [0.2, 0.25) is 0 Å². The van der Waals surface area contributed by atoms with Crippen LogP contribution in [0.25, 0.3) is 0 Å². The minimum Gasteiger partial charge on any atom is -0.329 e. The molecule has 0 spiro atoms. The van der Waals surface area contributed by atoms with Crippen LogP contribution >= 0.6 is 50.5 Å². The Morgan fingerprint density at radius 1 is 1.30 bits per heavy atom. The molecule has 0 fully saturated rings. The molecule has 1 atom stereocenters. The maximum absolute atomic E-state index is 6.09. The summed E-state index contributed by atoms with van der Waals surface area (Å²) in [4.78, 5) is 2.22. The van der Waals surface area contributed by atoms with Crippen molar-refractivity contribution in [3.8, 4) is 0 Å². The number of benzene rings is 1. The number of hydrogen-bond donors (Lipinski definition) is 1. The van der Waals surface area contributed by atoms with Crippen molar-refractivity contribution in [1.29, 1.82) is 0 Å². The number of rotatable bonds is 5. The summed E-state index contributed by atoms with van der Waals surface area (Å²) < 4.78 is 1.14. The average Bonchev–Trinajstić information content (AvgIpc) is 2.80. The summed E-state index contributed by atoms with van der Waals surface area (Å²) in [6.45, 7) is 1.37. The molecule has 0 saturated carbocycles. The Kier molecular flexibility index (Phi) is 5.90. The van der Waals surface area contributed by atoms with Crippen LogP contribution in [-0.4, -0.2) is 18.5 Å². The molecule has 20 heavy (non-hydrogen) atoms. The molecule has 1 heterocycles. The highest BCUT2D eigenvalue weighted by Gasteiger charge is 2.17. The predicted molar refractivity (Wildman–Crippen MR) is 91.7 cm³/mol. The van der Waals surface area contributed by atoms with E-state index in [9.17, 15) is 0 Å². The number of likely N-dealkylation sites (N-methyl/N-ethyl adjacent to an activating group) is 1. The molecule has 6 heteroatoms. The van der Waals surface area contributed by atoms with E-state index >= 15 is 0 Å². The fourth-order valence-corrected chi connectivity index (χ4v) is 3.62. The number of halogens is 3. The molecule has 0 aliphatic heterocycles. The van der Waals surface area contributed by atoms with Crippen molar-refractivity contribution in [3.63, 3.8) is 0 Å². The summed E-state index contributed by atoms with van der Waals surface area (Å²) >= 11 is 17.2. The Balaban J connectivity index is 2.16. The number of nitrogens with zero attached hydrogens (tertiary/aromatic N) is 1. The lowest BCUT2D eigenvalue weighted by molar-refractivity contribution is 0.242. The smallest absolute Gasteiger partial charge is 0.0701 e. The zero-order valence-corrected chi connectivity index (χ0v) is 14.9. The molecule has 2 N–H and O–H groups in total. The highest BCUT2D eigenvalue weighted by molar-refractivity contribution is 9.11. The van der Waals surface area contributed by atoms with Crippen molar-refractivity contribution in [2.24, 2.45) is 5.73 Å². The Morgan fingerprint density at radius 3 is 2.60 bits per heavy atom. The second kappa shape index (κ2) is 7.25. The highest BCUT2D eigenvalue weighted by atomic mass is 79.9. The molecular formula is C14H15BrCl2N2S. The van der Waals surface area contributed by atoms with Gasteiger partial charge in [-0.2, -0.15) is 0 Å². The van der Waals surface area contributed by atoms with Gasteiger partial charge in [0.15, 0.2) is 0 Å². The summed E-state index contributed by atoms with van der Waals surface area (Å²) in [7, 11) is 2.06. The SMILES string of the molecule is CN(Cc1csc(Br)c1)C(CN)c1ccc(Cl)c(Cl)c1. The van der Waals surface area contributed by atoms with Crippen molar-refractivity contribution in [2.45, 2.75) is 12.6 Å². The number of thiophene rings is 1. The van der Waals surface area contributed by atoms with Crippen LogP contribution in [0.5, 0.6) is 0 Å². The van der Waals surface area contributed by atoms with E-state index in [-0.39, 0.29) is 6.04 Å². The van der Waals surface area contributed by atoms with E-state index in [0.29, 0.717) is 16.6 Å². The molecule has 1 aromatic heterocycles. The third-order valence-corrected chi connectivity index (χ3v) is 5.43. The zero-order valence-electron chi connectivity index (χ0n) is 10.9. The first-order valence-electron chi connectivity index (χ1n) is 6.09. The predicted octanol–water partition coefficient (Wildman–Crippen LogP) is 4.95. The van der Waals surface area contributed by atoms with Gasteiger partial charge in [-0.25, -0.2) is 0 Å². The quantitative estimate of drug-likeness (QED) is 0.778. The lowest BCUT2D eigenvalue weighted by atomic mass is 10.1. The summed E-state index contributed by atoms with van der Waals surface area (Å²) in [6, 6.07) is 7.93. The van der Waals surface area contributed by atoms with E-state index in [4.69, 9.17) is 28.9 Å². The van der Waals surface area contributed by atoms with Gasteiger partial charge in [0.25, 0.3) is 0 Å². The Labute approximate surface area is 141 Å². The van der Waals surface area contributed by atoms with Crippen LogP contribution in [0, 0.1) is 0 Å². The van der Waals surface area contributed by atoms with E-state index in [0.717, 1.165) is 15.9 Å². The van der Waals surface area contributed by atoms with Crippen LogP contribution in [0.2, 0.25) is 10.0 Å². The maximum Gasteiger partial charge on any atom is 0.0701 e. The minimum atomic E-state index is 0.114. The van der Waals surface area contributed by atoms with Crippen molar-refractivity contribution >= 4 is 50.5 Å². The van der Waals surface area contributed by atoms with Gasteiger partial charge < -0.3 is 5.73 Å². The molecule has 1 unspecified atom stereocenters. The van der Waals surface area contributed by atoms with Crippen LogP contribution in [0.4, 0.5) is 0 Å². The lowest BCUT2D eigenvalue weighted by Crippen LogP contribution is -2.30. The van der Waals surface area contributed by atoms with Gasteiger partial charge in [0.05, 0.1) is 13.8 Å². The normalized spacial score (nSPS) is 12.9. The standard InChI is InChI=1S/C14H15BrCl2N2S/c1-19(7-9-4-14(15)20-8-9)13(6-18)10-2-3-11(16)12(17)5-10/h2-5,8,13H,6-7,18H2,1H3. The average molecular weight is 394 g/mol. The first-order chi connectivity index (χ1) is 9.51. The molecule has 0 saturated heterocycles. The minimum absolute atomic E-state index is 0.114. The molecule has 2 nitrogen and oxygen atoms in total.